The summed E-state index contributed by atoms with van der Waals surface area (Å²) in [5.41, 5.74) is 0.833. The van der Waals surface area contributed by atoms with Gasteiger partial charge in [-0.15, -0.1) is 0 Å². The number of hydroxylamine groups is 2. The lowest BCUT2D eigenvalue weighted by molar-refractivity contribution is -0.245. The van der Waals surface area contributed by atoms with E-state index < -0.39 is 0 Å². The van der Waals surface area contributed by atoms with Gasteiger partial charge in [-0.2, -0.15) is 5.06 Å². The summed E-state index contributed by atoms with van der Waals surface area (Å²) >= 11 is 0. The number of nitrogens with one attached hydrogen (secondary N) is 2. The van der Waals surface area contributed by atoms with Crippen molar-refractivity contribution in [1.29, 1.82) is 0 Å². The van der Waals surface area contributed by atoms with Gasteiger partial charge in [0, 0.05) is 24.2 Å². The molecule has 0 unspecified atom stereocenters. The van der Waals surface area contributed by atoms with Crippen molar-refractivity contribution in [2.24, 2.45) is 0 Å². The van der Waals surface area contributed by atoms with E-state index >= 15 is 0 Å². The van der Waals surface area contributed by atoms with Crippen molar-refractivity contribution in [1.82, 2.24) is 15.7 Å². The molecule has 1 saturated heterocycles. The fraction of sp³-hybridized carbons (Fsp3) is 0.857. The average Bonchev–Trinajstić information content (AvgIpc) is 2.21. The molecule has 4 heteroatoms. The number of piperidine rings is 1. The summed E-state index contributed by atoms with van der Waals surface area (Å²) in [6, 6.07) is 0.371. The molecule has 1 fully saturated rings. The van der Waals surface area contributed by atoms with Crippen LogP contribution in [0.5, 0.6) is 0 Å². The summed E-state index contributed by atoms with van der Waals surface area (Å²) in [7, 11) is 1.94. The standard InChI is InChI=1S/C14H29N3O/c1-10(2)12(15-7)16-11-8-13(3,4)17(18)14(5,6)9-11/h11,15-16,18H,8-9H2,1-7H3. The third kappa shape index (κ3) is 3.18. The maximum atomic E-state index is 10.3. The van der Waals surface area contributed by atoms with Gasteiger partial charge in [-0.05, 0) is 60.0 Å². The van der Waals surface area contributed by atoms with E-state index in [1.165, 1.54) is 10.6 Å². The zero-order chi connectivity index (χ0) is 14.1. The molecule has 0 aliphatic carbocycles. The summed E-state index contributed by atoms with van der Waals surface area (Å²) in [6.07, 6.45) is 1.84. The fourth-order valence-electron chi connectivity index (χ4n) is 3.04. The molecule has 0 radical (unpaired) electrons. The molecule has 0 aromatic carbocycles. The van der Waals surface area contributed by atoms with Gasteiger partial charge >= 0.3 is 0 Å². The first-order valence-electron chi connectivity index (χ1n) is 6.71. The van der Waals surface area contributed by atoms with Gasteiger partial charge in [0.25, 0.3) is 0 Å². The van der Waals surface area contributed by atoms with E-state index in [0.29, 0.717) is 6.04 Å². The van der Waals surface area contributed by atoms with Gasteiger partial charge in [0.2, 0.25) is 0 Å². The summed E-state index contributed by atoms with van der Waals surface area (Å²) in [6.45, 7) is 12.5. The predicted octanol–water partition coefficient (Wildman–Crippen LogP) is 2.46. The van der Waals surface area contributed by atoms with Gasteiger partial charge < -0.3 is 15.8 Å². The first kappa shape index (κ1) is 15.3. The smallest absolute Gasteiger partial charge is 0.0972 e. The Morgan fingerprint density at radius 3 is 1.89 bits per heavy atom. The van der Waals surface area contributed by atoms with Gasteiger partial charge in [-0.25, -0.2) is 0 Å². The minimum atomic E-state index is -0.208. The molecule has 0 saturated carbocycles. The lowest BCUT2D eigenvalue weighted by Gasteiger charge is -2.51. The van der Waals surface area contributed by atoms with Crippen LogP contribution in [-0.2, 0) is 0 Å². The van der Waals surface area contributed by atoms with Gasteiger partial charge in [-0.1, -0.05) is 0 Å². The Hall–Kier alpha value is -0.740. The zero-order valence-corrected chi connectivity index (χ0v) is 12.9. The molecule has 4 nitrogen and oxygen atoms in total. The Labute approximate surface area is 111 Å². The number of nitrogens with zero attached hydrogens (tertiary/aromatic N) is 1. The lowest BCUT2D eigenvalue weighted by atomic mass is 9.79. The Kier molecular flexibility index (Phi) is 4.34. The van der Waals surface area contributed by atoms with Crippen molar-refractivity contribution in [3.8, 4) is 0 Å². The van der Waals surface area contributed by atoms with Crippen LogP contribution in [0.4, 0.5) is 0 Å². The normalized spacial score (nSPS) is 23.6. The van der Waals surface area contributed by atoms with E-state index in [2.05, 4.69) is 52.2 Å². The molecule has 3 N–H and O–H groups in total. The van der Waals surface area contributed by atoms with Crippen LogP contribution in [0.2, 0.25) is 0 Å². The second-order valence-corrected chi connectivity index (χ2v) is 6.81. The highest BCUT2D eigenvalue weighted by Crippen LogP contribution is 2.36. The van der Waals surface area contributed by atoms with Crippen LogP contribution in [-0.4, -0.2) is 34.4 Å². The molecular formula is C14H29N3O. The van der Waals surface area contributed by atoms with Gasteiger partial charge in [0.15, 0.2) is 0 Å². The number of rotatable bonds is 3. The molecule has 0 aromatic heterocycles. The fourth-order valence-corrected chi connectivity index (χ4v) is 3.04. The number of hydrogen-bond acceptors (Lipinski definition) is 4. The van der Waals surface area contributed by atoms with Crippen LogP contribution in [0.15, 0.2) is 11.4 Å². The summed E-state index contributed by atoms with van der Waals surface area (Å²) < 4.78 is 0. The maximum absolute atomic E-state index is 10.3. The summed E-state index contributed by atoms with van der Waals surface area (Å²) in [5, 5.41) is 18.5. The topological polar surface area (TPSA) is 47.5 Å². The predicted molar refractivity (Wildman–Crippen MR) is 75.4 cm³/mol. The Bertz CT molecular complexity index is 312. The molecule has 0 bridgehead atoms. The van der Waals surface area contributed by atoms with Crippen molar-refractivity contribution >= 4 is 0 Å². The van der Waals surface area contributed by atoms with Crippen LogP contribution in [0, 0.1) is 0 Å². The van der Waals surface area contributed by atoms with Crippen molar-refractivity contribution in [2.45, 2.75) is 71.5 Å². The van der Waals surface area contributed by atoms with E-state index in [1.54, 1.807) is 0 Å². The zero-order valence-electron chi connectivity index (χ0n) is 12.9. The molecular weight excluding hydrogens is 226 g/mol. The molecule has 1 rings (SSSR count). The van der Waals surface area contributed by atoms with Crippen LogP contribution >= 0.6 is 0 Å². The Morgan fingerprint density at radius 2 is 1.56 bits per heavy atom. The first-order valence-corrected chi connectivity index (χ1v) is 6.71. The van der Waals surface area contributed by atoms with Crippen molar-refractivity contribution in [3.63, 3.8) is 0 Å². The first-order chi connectivity index (χ1) is 8.10. The highest BCUT2D eigenvalue weighted by atomic mass is 16.5. The molecule has 18 heavy (non-hydrogen) atoms. The van der Waals surface area contributed by atoms with Crippen molar-refractivity contribution in [3.05, 3.63) is 11.4 Å². The van der Waals surface area contributed by atoms with Crippen molar-refractivity contribution < 1.29 is 5.21 Å². The summed E-state index contributed by atoms with van der Waals surface area (Å²) in [5.74, 6) is 1.10. The second kappa shape index (κ2) is 5.10. The van der Waals surface area contributed by atoms with E-state index in [9.17, 15) is 5.21 Å². The molecule has 0 aromatic rings. The second-order valence-electron chi connectivity index (χ2n) is 6.81. The quantitative estimate of drug-likeness (QED) is 0.725. The van der Waals surface area contributed by atoms with E-state index in [-0.39, 0.29) is 11.1 Å². The molecule has 1 aliphatic heterocycles. The number of allylic oxidation sites excluding steroid dienone is 1. The molecule has 0 atom stereocenters. The molecule has 1 heterocycles. The van der Waals surface area contributed by atoms with Crippen LogP contribution in [0.25, 0.3) is 0 Å². The van der Waals surface area contributed by atoms with Crippen LogP contribution < -0.4 is 10.6 Å². The molecule has 106 valence electrons. The van der Waals surface area contributed by atoms with E-state index in [0.717, 1.165) is 18.7 Å². The average molecular weight is 255 g/mol. The lowest BCUT2D eigenvalue weighted by Crippen LogP contribution is -2.62. The SMILES string of the molecule is CNC(NC1CC(C)(C)N(O)C(C)(C)C1)=C(C)C. The van der Waals surface area contributed by atoms with Crippen LogP contribution in [0.1, 0.15) is 54.4 Å². The molecule has 0 amide bonds. The summed E-state index contributed by atoms with van der Waals surface area (Å²) in [4.78, 5) is 0. The highest BCUT2D eigenvalue weighted by Gasteiger charge is 2.45. The maximum Gasteiger partial charge on any atom is 0.0972 e. The third-order valence-electron chi connectivity index (χ3n) is 3.74. The molecule has 1 aliphatic rings. The van der Waals surface area contributed by atoms with Gasteiger partial charge in [0.05, 0.1) is 5.82 Å². The van der Waals surface area contributed by atoms with E-state index in [1.807, 2.05) is 7.05 Å². The van der Waals surface area contributed by atoms with Crippen LogP contribution in [0.3, 0.4) is 0 Å². The van der Waals surface area contributed by atoms with Gasteiger partial charge in [0.1, 0.15) is 0 Å². The number of hydrogen-bond donors (Lipinski definition) is 3. The monoisotopic (exact) mass is 255 g/mol. The van der Waals surface area contributed by atoms with E-state index in [4.69, 9.17) is 0 Å². The highest BCUT2D eigenvalue weighted by molar-refractivity contribution is 5.09. The van der Waals surface area contributed by atoms with Crippen molar-refractivity contribution in [2.75, 3.05) is 7.05 Å². The minimum Gasteiger partial charge on any atom is -0.375 e. The largest absolute Gasteiger partial charge is 0.375 e. The minimum absolute atomic E-state index is 0.208. The third-order valence-corrected chi connectivity index (χ3v) is 3.74. The van der Waals surface area contributed by atoms with Gasteiger partial charge in [-0.3, -0.25) is 0 Å². The Morgan fingerprint density at radius 1 is 1.11 bits per heavy atom. The Balaban J connectivity index is 2.85. The molecule has 0 spiro atoms.